The number of aliphatic imine (C=N–C) groups is 1. The Kier molecular flexibility index (Phi) is 7.76. The molecule has 2 N–H and O–H groups in total. The fourth-order valence-electron chi connectivity index (χ4n) is 3.13. The van der Waals surface area contributed by atoms with E-state index in [2.05, 4.69) is 48.7 Å². The van der Waals surface area contributed by atoms with E-state index in [4.69, 9.17) is 4.99 Å². The van der Waals surface area contributed by atoms with Gasteiger partial charge in [-0.25, -0.2) is 4.99 Å². The smallest absolute Gasteiger partial charge is 0.191 e. The lowest BCUT2D eigenvalue weighted by atomic mass is 9.95. The van der Waals surface area contributed by atoms with Crippen LogP contribution in [0.5, 0.6) is 0 Å². The summed E-state index contributed by atoms with van der Waals surface area (Å²) >= 11 is 0. The molecule has 4 nitrogen and oxygen atoms in total. The zero-order chi connectivity index (χ0) is 17.4. The normalized spacial score (nSPS) is 22.9. The summed E-state index contributed by atoms with van der Waals surface area (Å²) in [5.41, 5.74) is 2.48. The summed E-state index contributed by atoms with van der Waals surface area (Å²) < 4.78 is 12.1. The van der Waals surface area contributed by atoms with Gasteiger partial charge in [0.1, 0.15) is 0 Å². The van der Waals surface area contributed by atoms with Crippen LogP contribution in [0.2, 0.25) is 0 Å². The van der Waals surface area contributed by atoms with Gasteiger partial charge in [-0.1, -0.05) is 43.2 Å². The average molecular weight is 350 g/mol. The molecule has 1 fully saturated rings. The summed E-state index contributed by atoms with van der Waals surface area (Å²) in [6.45, 7) is 7.71. The van der Waals surface area contributed by atoms with Gasteiger partial charge in [-0.3, -0.25) is 4.21 Å². The fourth-order valence-corrected chi connectivity index (χ4v) is 4.48. The third-order valence-electron chi connectivity index (χ3n) is 4.51. The van der Waals surface area contributed by atoms with Crippen molar-refractivity contribution in [1.29, 1.82) is 0 Å². The number of aryl methyl sites for hydroxylation is 1. The van der Waals surface area contributed by atoms with Gasteiger partial charge in [0.2, 0.25) is 0 Å². The number of benzene rings is 1. The fraction of sp³-hybridized carbons (Fsp3) is 0.632. The molecule has 0 aliphatic heterocycles. The van der Waals surface area contributed by atoms with E-state index >= 15 is 0 Å². The molecule has 0 amide bonds. The Labute approximate surface area is 149 Å². The van der Waals surface area contributed by atoms with E-state index in [0.29, 0.717) is 17.8 Å². The monoisotopic (exact) mass is 349 g/mol. The molecule has 1 aromatic rings. The van der Waals surface area contributed by atoms with E-state index in [1.54, 1.807) is 0 Å². The molecular weight excluding hydrogens is 318 g/mol. The topological polar surface area (TPSA) is 53.5 Å². The maximum Gasteiger partial charge on any atom is 0.191 e. The van der Waals surface area contributed by atoms with Crippen molar-refractivity contribution in [3.63, 3.8) is 0 Å². The van der Waals surface area contributed by atoms with Gasteiger partial charge in [0.25, 0.3) is 0 Å². The zero-order valence-electron chi connectivity index (χ0n) is 15.2. The quantitative estimate of drug-likeness (QED) is 0.613. The largest absolute Gasteiger partial charge is 0.357 e. The maximum absolute atomic E-state index is 12.1. The van der Waals surface area contributed by atoms with Crippen LogP contribution in [0.25, 0.3) is 0 Å². The summed E-state index contributed by atoms with van der Waals surface area (Å²) in [5, 5.41) is 7.22. The second kappa shape index (κ2) is 9.82. The van der Waals surface area contributed by atoms with Crippen LogP contribution in [-0.2, 0) is 17.3 Å². The molecule has 0 saturated heterocycles. The first-order chi connectivity index (χ1) is 11.6. The van der Waals surface area contributed by atoms with Gasteiger partial charge in [-0.2, -0.15) is 0 Å². The van der Waals surface area contributed by atoms with E-state index in [0.717, 1.165) is 43.9 Å². The second-order valence-corrected chi connectivity index (χ2v) is 8.49. The molecule has 1 aromatic carbocycles. The Bertz CT molecular complexity index is 556. The highest BCUT2D eigenvalue weighted by atomic mass is 32.2. The molecule has 1 aliphatic rings. The highest BCUT2D eigenvalue weighted by Crippen LogP contribution is 2.23. The lowest BCUT2D eigenvalue weighted by molar-refractivity contribution is 0.413. The molecule has 5 heteroatoms. The number of hydrogen-bond donors (Lipinski definition) is 2. The molecule has 1 aliphatic carbocycles. The predicted octanol–water partition coefficient (Wildman–Crippen LogP) is 3.13. The summed E-state index contributed by atoms with van der Waals surface area (Å²) in [7, 11) is -0.689. The average Bonchev–Trinajstić information content (AvgIpc) is 2.61. The van der Waals surface area contributed by atoms with Crippen molar-refractivity contribution in [2.75, 3.05) is 12.3 Å². The molecule has 1 saturated carbocycles. The van der Waals surface area contributed by atoms with Crippen molar-refractivity contribution < 1.29 is 4.21 Å². The first kappa shape index (κ1) is 19.0. The number of hydrogen-bond acceptors (Lipinski definition) is 2. The highest BCUT2D eigenvalue weighted by molar-refractivity contribution is 7.85. The van der Waals surface area contributed by atoms with Crippen LogP contribution in [0.3, 0.4) is 0 Å². The van der Waals surface area contributed by atoms with Gasteiger partial charge < -0.3 is 10.6 Å². The number of nitrogens with one attached hydrogen (secondary N) is 2. The standard InChI is InChI=1S/C19H31N3OS/c1-4-20-19(21-14-16-11-9-15(3)10-12-16)22-17-7-6-8-18(13-17)24(23)5-2/h9-12,17-18H,4-8,13-14H2,1-3H3,(H2,20,21,22). The van der Waals surface area contributed by atoms with Crippen molar-refractivity contribution in [3.8, 4) is 0 Å². The summed E-state index contributed by atoms with van der Waals surface area (Å²) in [4.78, 5) is 4.72. The Balaban J connectivity index is 1.95. The summed E-state index contributed by atoms with van der Waals surface area (Å²) in [6, 6.07) is 8.87. The number of guanidine groups is 1. The van der Waals surface area contributed by atoms with Crippen LogP contribution in [0, 0.1) is 6.92 Å². The van der Waals surface area contributed by atoms with Crippen LogP contribution in [0.15, 0.2) is 29.3 Å². The molecule has 0 radical (unpaired) electrons. The van der Waals surface area contributed by atoms with E-state index in [1.807, 2.05) is 6.92 Å². The minimum Gasteiger partial charge on any atom is -0.357 e. The van der Waals surface area contributed by atoms with Crippen molar-refractivity contribution in [2.45, 2.75) is 64.3 Å². The Morgan fingerprint density at radius 3 is 2.67 bits per heavy atom. The van der Waals surface area contributed by atoms with Crippen LogP contribution < -0.4 is 10.6 Å². The van der Waals surface area contributed by atoms with Crippen molar-refractivity contribution >= 4 is 16.8 Å². The molecule has 2 rings (SSSR count). The van der Waals surface area contributed by atoms with Gasteiger partial charge in [0.05, 0.1) is 6.54 Å². The molecular formula is C19H31N3OS. The Morgan fingerprint density at radius 2 is 2.00 bits per heavy atom. The number of rotatable bonds is 6. The summed E-state index contributed by atoms with van der Waals surface area (Å²) in [5.74, 6) is 1.63. The minimum absolute atomic E-state index is 0.334. The molecule has 3 atom stereocenters. The van der Waals surface area contributed by atoms with Crippen LogP contribution in [-0.4, -0.2) is 33.8 Å². The van der Waals surface area contributed by atoms with Gasteiger partial charge in [-0.15, -0.1) is 0 Å². The van der Waals surface area contributed by atoms with Crippen molar-refractivity contribution in [3.05, 3.63) is 35.4 Å². The van der Waals surface area contributed by atoms with E-state index in [-0.39, 0.29) is 0 Å². The van der Waals surface area contributed by atoms with Gasteiger partial charge >= 0.3 is 0 Å². The molecule has 134 valence electrons. The van der Waals surface area contributed by atoms with E-state index < -0.39 is 10.8 Å². The Hall–Kier alpha value is -1.36. The maximum atomic E-state index is 12.1. The van der Waals surface area contributed by atoms with Gasteiger partial charge in [0, 0.05) is 34.4 Å². The zero-order valence-corrected chi connectivity index (χ0v) is 16.0. The first-order valence-corrected chi connectivity index (χ1v) is 10.5. The molecule has 3 unspecified atom stereocenters. The van der Waals surface area contributed by atoms with Crippen LogP contribution >= 0.6 is 0 Å². The molecule has 0 bridgehead atoms. The van der Waals surface area contributed by atoms with Crippen molar-refractivity contribution in [2.24, 2.45) is 4.99 Å². The molecule has 0 spiro atoms. The highest BCUT2D eigenvalue weighted by Gasteiger charge is 2.25. The lowest BCUT2D eigenvalue weighted by Gasteiger charge is -2.30. The van der Waals surface area contributed by atoms with Crippen LogP contribution in [0.1, 0.15) is 50.7 Å². The lowest BCUT2D eigenvalue weighted by Crippen LogP contribution is -2.46. The second-order valence-electron chi connectivity index (χ2n) is 6.48. The third kappa shape index (κ3) is 5.93. The predicted molar refractivity (Wildman–Crippen MR) is 104 cm³/mol. The molecule has 0 aromatic heterocycles. The third-order valence-corrected chi connectivity index (χ3v) is 6.25. The van der Waals surface area contributed by atoms with Crippen LogP contribution in [0.4, 0.5) is 0 Å². The first-order valence-electron chi connectivity index (χ1n) is 9.10. The van der Waals surface area contributed by atoms with E-state index in [1.165, 1.54) is 11.1 Å². The molecule has 0 heterocycles. The van der Waals surface area contributed by atoms with Gasteiger partial charge in [-0.05, 0) is 38.7 Å². The Morgan fingerprint density at radius 1 is 1.25 bits per heavy atom. The number of nitrogens with zero attached hydrogens (tertiary/aromatic N) is 1. The van der Waals surface area contributed by atoms with E-state index in [9.17, 15) is 4.21 Å². The summed E-state index contributed by atoms with van der Waals surface area (Å²) in [6.07, 6.45) is 4.35. The van der Waals surface area contributed by atoms with Crippen molar-refractivity contribution in [1.82, 2.24) is 10.6 Å². The minimum atomic E-state index is -0.689. The molecule has 24 heavy (non-hydrogen) atoms. The van der Waals surface area contributed by atoms with Gasteiger partial charge in [0.15, 0.2) is 5.96 Å². The SMILES string of the molecule is CCNC(=NCc1ccc(C)cc1)NC1CCCC(S(=O)CC)C1.